The van der Waals surface area contributed by atoms with Gasteiger partial charge < -0.3 is 20.1 Å². The van der Waals surface area contributed by atoms with Gasteiger partial charge in [-0.3, -0.25) is 4.79 Å². The lowest BCUT2D eigenvalue weighted by Gasteiger charge is -2.24. The molecule has 22 heavy (non-hydrogen) atoms. The van der Waals surface area contributed by atoms with E-state index in [-0.39, 0.29) is 24.8 Å². The summed E-state index contributed by atoms with van der Waals surface area (Å²) in [5.41, 5.74) is 0.536. The zero-order valence-electron chi connectivity index (χ0n) is 13.1. The van der Waals surface area contributed by atoms with Crippen LogP contribution in [0.3, 0.4) is 0 Å². The third-order valence-corrected chi connectivity index (χ3v) is 3.30. The lowest BCUT2D eigenvalue weighted by atomic mass is 10.2. The van der Waals surface area contributed by atoms with Crippen molar-refractivity contribution in [2.24, 2.45) is 0 Å². The molecule has 1 fully saturated rings. The molecule has 0 radical (unpaired) electrons. The van der Waals surface area contributed by atoms with E-state index in [1.165, 1.54) is 0 Å². The van der Waals surface area contributed by atoms with Crippen LogP contribution in [0.15, 0.2) is 24.6 Å². The van der Waals surface area contributed by atoms with Gasteiger partial charge in [-0.25, -0.2) is 0 Å². The van der Waals surface area contributed by atoms with Crippen LogP contribution < -0.4 is 5.32 Å². The summed E-state index contributed by atoms with van der Waals surface area (Å²) in [4.78, 5) is 21.8. The van der Waals surface area contributed by atoms with Gasteiger partial charge >= 0.3 is 8.25 Å². The van der Waals surface area contributed by atoms with Crippen LogP contribution in [-0.2, 0) is 18.6 Å². The molecule has 0 bridgehead atoms. The van der Waals surface area contributed by atoms with Gasteiger partial charge in [-0.15, -0.1) is 9.42 Å². The van der Waals surface area contributed by atoms with Crippen LogP contribution in [0.25, 0.3) is 0 Å². The number of ether oxygens (including phenoxy) is 1. The maximum absolute atomic E-state index is 11.5. The smallest absolute Gasteiger partial charge is 0.400 e. The molecule has 8 nitrogen and oxygen atoms in total. The summed E-state index contributed by atoms with van der Waals surface area (Å²) in [6.45, 7) is 5.47. The predicted molar refractivity (Wildman–Crippen MR) is 81.7 cm³/mol. The zero-order chi connectivity index (χ0) is 17.1. The molecule has 1 amide bonds. The number of amides is 1. The highest BCUT2D eigenvalue weighted by atomic mass is 31.1. The summed E-state index contributed by atoms with van der Waals surface area (Å²) in [6.07, 6.45) is 4.18. The van der Waals surface area contributed by atoms with Crippen LogP contribution >= 0.6 is 8.25 Å². The number of hydrogen-bond donors (Lipinski definition) is 3. The third kappa shape index (κ3) is 7.11. The molecule has 3 unspecified atom stereocenters. The van der Waals surface area contributed by atoms with Crippen molar-refractivity contribution < 1.29 is 28.6 Å². The fraction of sp³-hybridized carbons (Fsp3) is 0.615. The van der Waals surface area contributed by atoms with E-state index in [0.29, 0.717) is 12.0 Å². The zero-order valence-corrected chi connectivity index (χ0v) is 14.0. The van der Waals surface area contributed by atoms with Crippen molar-refractivity contribution >= 4 is 14.2 Å². The molecular formula is C13H24N2O6P+. The summed E-state index contributed by atoms with van der Waals surface area (Å²) < 4.78 is 20.8. The maximum Gasteiger partial charge on any atom is 0.694 e. The first kappa shape index (κ1) is 20.7. The lowest BCUT2D eigenvalue weighted by Crippen LogP contribution is -2.29. The third-order valence-electron chi connectivity index (χ3n) is 2.93. The highest BCUT2D eigenvalue weighted by molar-refractivity contribution is 7.32. The fourth-order valence-electron chi connectivity index (χ4n) is 1.91. The van der Waals surface area contributed by atoms with E-state index in [1.54, 1.807) is 31.3 Å². The van der Waals surface area contributed by atoms with E-state index in [9.17, 15) is 9.36 Å². The molecule has 0 saturated carbocycles. The molecule has 9 heteroatoms. The number of hydrogen-bond acceptors (Lipinski definition) is 6. The van der Waals surface area contributed by atoms with Crippen molar-refractivity contribution in [2.75, 3.05) is 20.8 Å². The van der Waals surface area contributed by atoms with Gasteiger partial charge in [0.05, 0.1) is 6.10 Å². The Balaban J connectivity index is 0.00000211. The first-order valence-electron chi connectivity index (χ1n) is 6.67. The Kier molecular flexibility index (Phi) is 10.6. The van der Waals surface area contributed by atoms with Crippen molar-refractivity contribution in [3.8, 4) is 0 Å². The summed E-state index contributed by atoms with van der Waals surface area (Å²) >= 11 is 0. The van der Waals surface area contributed by atoms with Gasteiger partial charge in [-0.2, -0.15) is 0 Å². The highest BCUT2D eigenvalue weighted by Gasteiger charge is 2.30. The van der Waals surface area contributed by atoms with Crippen LogP contribution in [-0.4, -0.2) is 53.9 Å². The number of carbonyl (C=O) groups excluding carboxylic acids is 1. The molecule has 126 valence electrons. The average Bonchev–Trinajstić information content (AvgIpc) is 3.00. The van der Waals surface area contributed by atoms with E-state index in [1.807, 2.05) is 0 Å². The van der Waals surface area contributed by atoms with Crippen molar-refractivity contribution in [3.63, 3.8) is 0 Å². The normalized spacial score (nSPS) is 21.5. The van der Waals surface area contributed by atoms with Crippen molar-refractivity contribution in [1.29, 1.82) is 0 Å². The molecule has 3 atom stereocenters. The fourth-order valence-corrected chi connectivity index (χ4v) is 2.20. The minimum atomic E-state index is -2.60. The first-order chi connectivity index (χ1) is 10.5. The van der Waals surface area contributed by atoms with Crippen molar-refractivity contribution in [2.45, 2.75) is 32.1 Å². The maximum atomic E-state index is 11.5. The monoisotopic (exact) mass is 335 g/mol. The summed E-state index contributed by atoms with van der Waals surface area (Å²) in [6, 6.07) is 0. The molecule has 1 saturated heterocycles. The Hall–Kier alpha value is -1.31. The summed E-state index contributed by atoms with van der Waals surface area (Å²) in [5, 5.41) is 9.54. The Morgan fingerprint density at radius 2 is 2.18 bits per heavy atom. The number of nitrogens with one attached hydrogen (secondary N) is 1. The van der Waals surface area contributed by atoms with Crippen LogP contribution in [0, 0.1) is 0 Å². The molecule has 0 spiro atoms. The molecule has 1 heterocycles. The highest BCUT2D eigenvalue weighted by Crippen LogP contribution is 2.26. The number of carbonyl (C=O) groups is 1. The lowest BCUT2D eigenvalue weighted by molar-refractivity contribution is -0.117. The molecule has 3 N–H and O–H groups in total. The van der Waals surface area contributed by atoms with E-state index < -0.39 is 8.25 Å². The molecule has 1 rings (SSSR count). The van der Waals surface area contributed by atoms with E-state index >= 15 is 0 Å². The summed E-state index contributed by atoms with van der Waals surface area (Å²) in [5.74, 6) is -0.174. The van der Waals surface area contributed by atoms with Gasteiger partial charge in [0.2, 0.25) is 5.91 Å². The second kappa shape index (κ2) is 11.3. The predicted octanol–water partition coefficient (Wildman–Crippen LogP) is 0.862. The Bertz CT molecular complexity index is 415. The average molecular weight is 335 g/mol. The van der Waals surface area contributed by atoms with Gasteiger partial charge in [0, 0.05) is 30.5 Å². The minimum absolute atomic E-state index is 0.0747. The number of nitrogens with zero attached hydrogens (tertiary/aromatic N) is 1. The van der Waals surface area contributed by atoms with Gasteiger partial charge in [0.25, 0.3) is 0 Å². The molecule has 0 aromatic heterocycles. The topological polar surface area (TPSA) is 108 Å². The number of aliphatic hydroxyl groups excluding tert-OH is 1. The summed E-state index contributed by atoms with van der Waals surface area (Å²) in [7, 11) is -0.0404. The van der Waals surface area contributed by atoms with Crippen LogP contribution in [0.1, 0.15) is 19.8 Å². The number of likely N-dealkylation sites (N-methyl/N-ethyl adjacent to an activating group) is 1. The quantitative estimate of drug-likeness (QED) is 0.468. The second-order valence-electron chi connectivity index (χ2n) is 4.34. The van der Waals surface area contributed by atoms with Crippen LogP contribution in [0.4, 0.5) is 0 Å². The van der Waals surface area contributed by atoms with E-state index in [2.05, 4.69) is 16.4 Å². The molecular weight excluding hydrogens is 311 g/mol. The standard InChI is InChI=1S/C12H19N2O5P.CH4O/c1-4-14(7-9(2)12(15)13-3)11-6-5-10(19-11)8-18-20(16)17;1-2/h4,7,10-11H,1,5-6,8H2,2-3H3,(H-,13,15,16,17);2H,1H3/p+1/b9-7-;. The van der Waals surface area contributed by atoms with Crippen molar-refractivity contribution in [3.05, 3.63) is 24.6 Å². The largest absolute Gasteiger partial charge is 0.694 e. The van der Waals surface area contributed by atoms with Gasteiger partial charge in [0.15, 0.2) is 0 Å². The van der Waals surface area contributed by atoms with Gasteiger partial charge in [-0.1, -0.05) is 6.58 Å². The Labute approximate surface area is 131 Å². The molecule has 0 aliphatic carbocycles. The van der Waals surface area contributed by atoms with Gasteiger partial charge in [0.1, 0.15) is 12.8 Å². The van der Waals surface area contributed by atoms with E-state index in [4.69, 9.17) is 14.7 Å². The van der Waals surface area contributed by atoms with Gasteiger partial charge in [-0.05, 0) is 26.0 Å². The molecule has 0 aromatic rings. The Morgan fingerprint density at radius 1 is 1.55 bits per heavy atom. The van der Waals surface area contributed by atoms with Crippen LogP contribution in [0.2, 0.25) is 0 Å². The van der Waals surface area contributed by atoms with Crippen LogP contribution in [0.5, 0.6) is 0 Å². The number of aliphatic hydroxyl groups is 1. The number of rotatable bonds is 7. The Morgan fingerprint density at radius 3 is 2.68 bits per heavy atom. The second-order valence-corrected chi connectivity index (χ2v) is 5.08. The SMILES string of the molecule is C=CN(/C=C(/C)C(=O)NC)C1CCC(CO[P+](=O)O)O1.CO. The molecule has 1 aliphatic heterocycles. The van der Waals surface area contributed by atoms with Crippen molar-refractivity contribution in [1.82, 2.24) is 10.2 Å². The molecule has 1 aliphatic rings. The molecule has 0 aromatic carbocycles. The minimum Gasteiger partial charge on any atom is -0.400 e. The van der Waals surface area contributed by atoms with E-state index in [0.717, 1.165) is 13.5 Å². The first-order valence-corrected chi connectivity index (χ1v) is 7.80.